The van der Waals surface area contributed by atoms with Crippen molar-refractivity contribution in [3.05, 3.63) is 29.3 Å². The Labute approximate surface area is 71.2 Å². The van der Waals surface area contributed by atoms with E-state index in [1.54, 1.807) is 0 Å². The highest BCUT2D eigenvalue weighted by molar-refractivity contribution is 5.49. The number of fused-ring (bicyclic) bond motifs is 1. The van der Waals surface area contributed by atoms with Crippen LogP contribution in [0.4, 0.5) is 5.69 Å². The number of hydrogen-bond acceptors (Lipinski definition) is 3. The van der Waals surface area contributed by atoms with Gasteiger partial charge in [-0.3, -0.25) is 10.7 Å². The SMILES string of the molecule is N[C@H]1CCc2ccc(NO)cc21. The number of hydrogen-bond donors (Lipinski definition) is 3. The smallest absolute Gasteiger partial charge is 0.0605 e. The van der Waals surface area contributed by atoms with Crippen LogP contribution in [0.3, 0.4) is 0 Å². The van der Waals surface area contributed by atoms with Crippen molar-refractivity contribution in [2.45, 2.75) is 18.9 Å². The number of anilines is 1. The zero-order valence-corrected chi connectivity index (χ0v) is 6.75. The summed E-state index contributed by atoms with van der Waals surface area (Å²) < 4.78 is 0. The van der Waals surface area contributed by atoms with E-state index in [4.69, 9.17) is 10.9 Å². The lowest BCUT2D eigenvalue weighted by Crippen LogP contribution is -2.05. The van der Waals surface area contributed by atoms with Crippen LogP contribution in [0.15, 0.2) is 18.2 Å². The molecule has 3 heteroatoms. The molecule has 0 spiro atoms. The number of aryl methyl sites for hydroxylation is 1. The highest BCUT2D eigenvalue weighted by atomic mass is 16.5. The standard InChI is InChI=1S/C9H12N2O/c10-9-4-2-6-1-3-7(11-12)5-8(6)9/h1,3,5,9,11-12H,2,4,10H2/t9-/m0/s1. The number of nitrogens with one attached hydrogen (secondary N) is 1. The van der Waals surface area contributed by atoms with Gasteiger partial charge in [0.1, 0.15) is 0 Å². The lowest BCUT2D eigenvalue weighted by molar-refractivity contribution is 0.389. The molecule has 0 fully saturated rings. The largest absolute Gasteiger partial charge is 0.324 e. The Morgan fingerprint density at radius 2 is 2.33 bits per heavy atom. The molecular weight excluding hydrogens is 152 g/mol. The summed E-state index contributed by atoms with van der Waals surface area (Å²) in [6.45, 7) is 0. The molecule has 0 aromatic heterocycles. The lowest BCUT2D eigenvalue weighted by atomic mass is 10.1. The minimum absolute atomic E-state index is 0.147. The molecule has 0 radical (unpaired) electrons. The highest BCUT2D eigenvalue weighted by Gasteiger charge is 2.18. The molecule has 0 saturated carbocycles. The van der Waals surface area contributed by atoms with Gasteiger partial charge in [-0.25, -0.2) is 0 Å². The summed E-state index contributed by atoms with van der Waals surface area (Å²) >= 11 is 0. The molecule has 1 aliphatic carbocycles. The molecular formula is C9H12N2O. The molecule has 0 heterocycles. The van der Waals surface area contributed by atoms with Crippen molar-refractivity contribution in [3.63, 3.8) is 0 Å². The summed E-state index contributed by atoms with van der Waals surface area (Å²) in [6, 6.07) is 5.93. The van der Waals surface area contributed by atoms with Gasteiger partial charge in [-0.05, 0) is 36.1 Å². The lowest BCUT2D eigenvalue weighted by Gasteiger charge is -2.06. The molecule has 0 bridgehead atoms. The summed E-state index contributed by atoms with van der Waals surface area (Å²) in [5.41, 5.74) is 11.2. The molecule has 0 unspecified atom stereocenters. The first kappa shape index (κ1) is 7.58. The van der Waals surface area contributed by atoms with E-state index in [-0.39, 0.29) is 6.04 Å². The van der Waals surface area contributed by atoms with Gasteiger partial charge in [-0.15, -0.1) is 0 Å². The normalized spacial score (nSPS) is 20.7. The van der Waals surface area contributed by atoms with Crippen LogP contribution in [0, 0.1) is 0 Å². The predicted octanol–water partition coefficient (Wildman–Crippen LogP) is 1.43. The summed E-state index contributed by atoms with van der Waals surface area (Å²) in [7, 11) is 0. The molecule has 0 saturated heterocycles. The van der Waals surface area contributed by atoms with Crippen LogP contribution in [0.25, 0.3) is 0 Å². The molecule has 4 N–H and O–H groups in total. The van der Waals surface area contributed by atoms with Gasteiger partial charge in [0.2, 0.25) is 0 Å². The number of benzene rings is 1. The van der Waals surface area contributed by atoms with Crippen LogP contribution in [0.5, 0.6) is 0 Å². The van der Waals surface area contributed by atoms with E-state index in [1.807, 2.05) is 18.2 Å². The summed E-state index contributed by atoms with van der Waals surface area (Å²) in [4.78, 5) is 0. The van der Waals surface area contributed by atoms with Crippen molar-refractivity contribution in [1.82, 2.24) is 0 Å². The average Bonchev–Trinajstić information content (AvgIpc) is 2.47. The molecule has 1 aliphatic rings. The third-order valence-corrected chi connectivity index (χ3v) is 2.40. The first-order valence-corrected chi connectivity index (χ1v) is 4.10. The molecule has 3 nitrogen and oxygen atoms in total. The molecule has 64 valence electrons. The molecule has 0 aliphatic heterocycles. The van der Waals surface area contributed by atoms with Crippen molar-refractivity contribution in [1.29, 1.82) is 0 Å². The molecule has 2 rings (SSSR count). The average molecular weight is 164 g/mol. The summed E-state index contributed by atoms with van der Waals surface area (Å²) in [6.07, 6.45) is 2.08. The van der Waals surface area contributed by atoms with Gasteiger partial charge in [-0.2, -0.15) is 0 Å². The van der Waals surface area contributed by atoms with Crippen molar-refractivity contribution in [3.8, 4) is 0 Å². The molecule has 1 aromatic carbocycles. The fraction of sp³-hybridized carbons (Fsp3) is 0.333. The Kier molecular flexibility index (Phi) is 1.75. The van der Waals surface area contributed by atoms with E-state index in [9.17, 15) is 0 Å². The number of rotatable bonds is 1. The molecule has 1 aromatic rings. The second-order valence-corrected chi connectivity index (χ2v) is 3.17. The third kappa shape index (κ3) is 1.07. The first-order chi connectivity index (χ1) is 5.81. The fourth-order valence-electron chi connectivity index (χ4n) is 1.70. The Bertz CT molecular complexity index is 299. The molecule has 12 heavy (non-hydrogen) atoms. The van der Waals surface area contributed by atoms with E-state index < -0.39 is 0 Å². The van der Waals surface area contributed by atoms with E-state index >= 15 is 0 Å². The van der Waals surface area contributed by atoms with Crippen LogP contribution in [0.2, 0.25) is 0 Å². The Hall–Kier alpha value is -1.06. The zero-order chi connectivity index (χ0) is 8.55. The van der Waals surface area contributed by atoms with Gasteiger partial charge in [0.05, 0.1) is 5.69 Å². The van der Waals surface area contributed by atoms with E-state index in [0.29, 0.717) is 5.69 Å². The maximum Gasteiger partial charge on any atom is 0.0605 e. The second kappa shape index (κ2) is 2.77. The summed E-state index contributed by atoms with van der Waals surface area (Å²) in [5.74, 6) is 0. The maximum absolute atomic E-state index is 8.66. The van der Waals surface area contributed by atoms with Crippen LogP contribution in [0.1, 0.15) is 23.6 Å². The Morgan fingerprint density at radius 1 is 1.50 bits per heavy atom. The van der Waals surface area contributed by atoms with Crippen LogP contribution < -0.4 is 11.2 Å². The highest BCUT2D eigenvalue weighted by Crippen LogP contribution is 2.30. The molecule has 0 amide bonds. The van der Waals surface area contributed by atoms with Gasteiger partial charge >= 0.3 is 0 Å². The van der Waals surface area contributed by atoms with Gasteiger partial charge in [-0.1, -0.05) is 6.07 Å². The predicted molar refractivity (Wildman–Crippen MR) is 47.1 cm³/mol. The van der Waals surface area contributed by atoms with Gasteiger partial charge in [0.25, 0.3) is 0 Å². The minimum atomic E-state index is 0.147. The van der Waals surface area contributed by atoms with Crippen LogP contribution in [-0.2, 0) is 6.42 Å². The zero-order valence-electron chi connectivity index (χ0n) is 6.75. The minimum Gasteiger partial charge on any atom is -0.324 e. The Balaban J connectivity index is 2.43. The van der Waals surface area contributed by atoms with E-state index in [0.717, 1.165) is 18.4 Å². The monoisotopic (exact) mass is 164 g/mol. The van der Waals surface area contributed by atoms with Crippen molar-refractivity contribution >= 4 is 5.69 Å². The van der Waals surface area contributed by atoms with Crippen LogP contribution in [-0.4, -0.2) is 5.21 Å². The fourth-order valence-corrected chi connectivity index (χ4v) is 1.70. The quantitative estimate of drug-likeness (QED) is 0.550. The van der Waals surface area contributed by atoms with Crippen molar-refractivity contribution in [2.24, 2.45) is 5.73 Å². The van der Waals surface area contributed by atoms with Crippen molar-refractivity contribution in [2.75, 3.05) is 5.48 Å². The number of nitrogens with two attached hydrogens (primary N) is 1. The van der Waals surface area contributed by atoms with Crippen molar-refractivity contribution < 1.29 is 5.21 Å². The Morgan fingerprint density at radius 3 is 3.08 bits per heavy atom. The molecule has 1 atom stereocenters. The van der Waals surface area contributed by atoms with Gasteiger partial charge in [0, 0.05) is 6.04 Å². The van der Waals surface area contributed by atoms with Gasteiger partial charge in [0.15, 0.2) is 0 Å². The van der Waals surface area contributed by atoms with Gasteiger partial charge < -0.3 is 5.73 Å². The summed E-state index contributed by atoms with van der Waals surface area (Å²) in [5, 5.41) is 8.66. The third-order valence-electron chi connectivity index (χ3n) is 2.40. The van der Waals surface area contributed by atoms with E-state index in [2.05, 4.69) is 5.48 Å². The maximum atomic E-state index is 8.66. The first-order valence-electron chi connectivity index (χ1n) is 4.10. The van der Waals surface area contributed by atoms with E-state index in [1.165, 1.54) is 5.56 Å². The second-order valence-electron chi connectivity index (χ2n) is 3.17. The van der Waals surface area contributed by atoms with Crippen LogP contribution >= 0.6 is 0 Å². The topological polar surface area (TPSA) is 58.3 Å².